The van der Waals surface area contributed by atoms with Crippen molar-refractivity contribution in [1.29, 1.82) is 0 Å². The molecule has 2 N–H and O–H groups in total. The Hall–Kier alpha value is -2.97. The van der Waals surface area contributed by atoms with Crippen LogP contribution in [0.2, 0.25) is 0 Å². The van der Waals surface area contributed by atoms with E-state index in [4.69, 9.17) is 0 Å². The molecule has 1 fully saturated rings. The Bertz CT molecular complexity index is 1200. The predicted molar refractivity (Wildman–Crippen MR) is 119 cm³/mol. The van der Waals surface area contributed by atoms with Gasteiger partial charge in [0.05, 0.1) is 24.2 Å². The number of para-hydroxylation sites is 1. The summed E-state index contributed by atoms with van der Waals surface area (Å²) in [7, 11) is -3.85. The second kappa shape index (κ2) is 8.28. The second-order valence-electron chi connectivity index (χ2n) is 8.00. The molecule has 8 heteroatoms. The lowest BCUT2D eigenvalue weighted by Crippen LogP contribution is -2.63. The van der Waals surface area contributed by atoms with Crippen molar-refractivity contribution in [2.45, 2.75) is 36.7 Å². The third-order valence-corrected chi connectivity index (χ3v) is 6.94. The van der Waals surface area contributed by atoms with Crippen LogP contribution in [0.1, 0.15) is 36.5 Å². The Morgan fingerprint density at radius 3 is 2.55 bits per heavy atom. The summed E-state index contributed by atoms with van der Waals surface area (Å²) in [6, 6.07) is 14.9. The molecule has 0 saturated carbocycles. The number of β-amino-alcohol motifs (C(OH)–C–C–N with tert-alkyl or cyclic N) is 1. The summed E-state index contributed by atoms with van der Waals surface area (Å²) in [5.41, 5.74) is 0.422. The minimum absolute atomic E-state index is 0.0951. The molecule has 0 radical (unpaired) electrons. The number of amides is 1. The second-order valence-corrected chi connectivity index (χ2v) is 9.65. The van der Waals surface area contributed by atoms with Crippen LogP contribution in [0.5, 0.6) is 0 Å². The molecule has 162 valence electrons. The van der Waals surface area contributed by atoms with Crippen LogP contribution in [0.25, 0.3) is 10.9 Å². The quantitative estimate of drug-likeness (QED) is 0.588. The first-order chi connectivity index (χ1) is 14.8. The Morgan fingerprint density at radius 1 is 1.13 bits per heavy atom. The number of anilines is 1. The zero-order valence-corrected chi connectivity index (χ0v) is 18.1. The highest BCUT2D eigenvalue weighted by molar-refractivity contribution is 7.93. The number of aliphatic hydroxyl groups is 1. The van der Waals surface area contributed by atoms with E-state index in [-0.39, 0.29) is 10.8 Å². The minimum Gasteiger partial charge on any atom is -0.386 e. The highest BCUT2D eigenvalue weighted by Crippen LogP contribution is 2.28. The van der Waals surface area contributed by atoms with Crippen LogP contribution in [0, 0.1) is 0 Å². The van der Waals surface area contributed by atoms with Crippen LogP contribution in [0.4, 0.5) is 5.69 Å². The van der Waals surface area contributed by atoms with E-state index in [9.17, 15) is 18.3 Å². The van der Waals surface area contributed by atoms with E-state index in [0.29, 0.717) is 36.3 Å². The Labute approximate surface area is 181 Å². The van der Waals surface area contributed by atoms with Crippen LogP contribution in [0.3, 0.4) is 0 Å². The molecular formula is C23H25N3O4S. The van der Waals surface area contributed by atoms with E-state index in [1.165, 1.54) is 6.07 Å². The van der Waals surface area contributed by atoms with Crippen molar-refractivity contribution in [3.63, 3.8) is 0 Å². The molecule has 2 heterocycles. The third kappa shape index (κ3) is 4.40. The molecule has 0 bridgehead atoms. The number of rotatable bonds is 7. The van der Waals surface area contributed by atoms with Gasteiger partial charge in [0, 0.05) is 22.8 Å². The summed E-state index contributed by atoms with van der Waals surface area (Å²) in [5.74, 6) is -0.172. The largest absolute Gasteiger partial charge is 0.386 e. The van der Waals surface area contributed by atoms with Crippen LogP contribution in [-0.4, -0.2) is 48.0 Å². The molecule has 0 atom stereocenters. The summed E-state index contributed by atoms with van der Waals surface area (Å²) in [5, 5.41) is 11.1. The van der Waals surface area contributed by atoms with Gasteiger partial charge in [0.2, 0.25) is 0 Å². The van der Waals surface area contributed by atoms with Crippen molar-refractivity contribution in [1.82, 2.24) is 9.88 Å². The number of pyridine rings is 1. The number of benzene rings is 2. The van der Waals surface area contributed by atoms with Crippen molar-refractivity contribution < 1.29 is 18.3 Å². The van der Waals surface area contributed by atoms with Gasteiger partial charge in [0.15, 0.2) is 0 Å². The average Bonchev–Trinajstić information content (AvgIpc) is 2.75. The van der Waals surface area contributed by atoms with Crippen LogP contribution in [-0.2, 0) is 10.0 Å². The first-order valence-corrected chi connectivity index (χ1v) is 11.8. The standard InChI is InChI=1S/C23H25N3O4S/c1-2-3-13-23(28)15-26(16-23)22(27)18-9-11-19(12-10-18)25-31(29,30)20-8-4-6-17-7-5-14-24-21(17)20/h4-12,14,25,28H,2-3,13,15-16H2,1H3. The van der Waals surface area contributed by atoms with Crippen molar-refractivity contribution >= 4 is 32.5 Å². The highest BCUT2D eigenvalue weighted by Gasteiger charge is 2.43. The number of carbonyl (C=O) groups excluding carboxylic acids is 1. The van der Waals surface area contributed by atoms with E-state index >= 15 is 0 Å². The highest BCUT2D eigenvalue weighted by atomic mass is 32.2. The molecule has 7 nitrogen and oxygen atoms in total. The van der Waals surface area contributed by atoms with Crippen molar-refractivity contribution in [3.8, 4) is 0 Å². The molecule has 0 spiro atoms. The average molecular weight is 440 g/mol. The number of hydrogen-bond donors (Lipinski definition) is 2. The molecule has 1 saturated heterocycles. The molecule has 1 aromatic heterocycles. The molecule has 1 aliphatic heterocycles. The molecule has 0 aliphatic carbocycles. The van der Waals surface area contributed by atoms with E-state index in [1.54, 1.807) is 59.6 Å². The van der Waals surface area contributed by atoms with Gasteiger partial charge in [-0.2, -0.15) is 0 Å². The maximum Gasteiger partial charge on any atom is 0.264 e. The van der Waals surface area contributed by atoms with Gasteiger partial charge < -0.3 is 10.0 Å². The number of hydrogen-bond acceptors (Lipinski definition) is 5. The predicted octanol–water partition coefficient (Wildman–Crippen LogP) is 3.41. The van der Waals surface area contributed by atoms with Crippen molar-refractivity contribution in [2.24, 2.45) is 0 Å². The SMILES string of the molecule is CCCCC1(O)CN(C(=O)c2ccc(NS(=O)(=O)c3cccc4cccnc34)cc2)C1. The summed E-state index contributed by atoms with van der Waals surface area (Å²) in [6.45, 7) is 2.72. The molecule has 0 unspecified atom stereocenters. The fraction of sp³-hybridized carbons (Fsp3) is 0.304. The van der Waals surface area contributed by atoms with E-state index in [2.05, 4.69) is 16.6 Å². The molecule has 31 heavy (non-hydrogen) atoms. The number of carbonyl (C=O) groups is 1. The van der Waals surface area contributed by atoms with Gasteiger partial charge in [-0.05, 0) is 42.8 Å². The monoisotopic (exact) mass is 439 g/mol. The molecule has 2 aromatic carbocycles. The summed E-state index contributed by atoms with van der Waals surface area (Å²) in [4.78, 5) is 18.5. The number of likely N-dealkylation sites (tertiary alicyclic amines) is 1. The Morgan fingerprint density at radius 2 is 1.84 bits per heavy atom. The fourth-order valence-electron chi connectivity index (χ4n) is 3.84. The lowest BCUT2D eigenvalue weighted by Gasteiger charge is -2.46. The van der Waals surface area contributed by atoms with Crippen LogP contribution in [0.15, 0.2) is 65.7 Å². The fourth-order valence-corrected chi connectivity index (χ4v) is 5.08. The van der Waals surface area contributed by atoms with Crippen LogP contribution < -0.4 is 4.72 Å². The zero-order chi connectivity index (χ0) is 22.1. The summed E-state index contributed by atoms with van der Waals surface area (Å²) >= 11 is 0. The maximum atomic E-state index is 12.9. The van der Waals surface area contributed by atoms with Gasteiger partial charge in [-0.3, -0.25) is 14.5 Å². The number of sulfonamides is 1. The molecule has 3 aromatic rings. The van der Waals surface area contributed by atoms with Gasteiger partial charge in [0.1, 0.15) is 4.90 Å². The third-order valence-electron chi connectivity index (χ3n) is 5.52. The maximum absolute atomic E-state index is 12.9. The van der Waals surface area contributed by atoms with E-state index < -0.39 is 15.6 Å². The van der Waals surface area contributed by atoms with E-state index in [1.807, 2.05) is 0 Å². The van der Waals surface area contributed by atoms with Gasteiger partial charge >= 0.3 is 0 Å². The normalized spacial score (nSPS) is 15.5. The van der Waals surface area contributed by atoms with Crippen molar-refractivity contribution in [3.05, 3.63) is 66.4 Å². The smallest absolute Gasteiger partial charge is 0.264 e. The van der Waals surface area contributed by atoms with Gasteiger partial charge in [0.25, 0.3) is 15.9 Å². The lowest BCUT2D eigenvalue weighted by molar-refractivity contribution is -0.0867. The number of aromatic nitrogens is 1. The summed E-state index contributed by atoms with van der Waals surface area (Å²) < 4.78 is 28.4. The molecular weight excluding hydrogens is 414 g/mol. The topological polar surface area (TPSA) is 99.6 Å². The summed E-state index contributed by atoms with van der Waals surface area (Å²) in [6.07, 6.45) is 4.18. The minimum atomic E-state index is -3.85. The Kier molecular flexibility index (Phi) is 5.68. The van der Waals surface area contributed by atoms with E-state index in [0.717, 1.165) is 18.2 Å². The number of nitrogens with zero attached hydrogens (tertiary/aromatic N) is 2. The van der Waals surface area contributed by atoms with Gasteiger partial charge in [-0.25, -0.2) is 8.42 Å². The molecule has 1 amide bonds. The van der Waals surface area contributed by atoms with Gasteiger partial charge in [-0.1, -0.05) is 38.0 Å². The Balaban J connectivity index is 1.46. The van der Waals surface area contributed by atoms with Crippen molar-refractivity contribution in [2.75, 3.05) is 17.8 Å². The molecule has 4 rings (SSSR count). The number of nitrogens with one attached hydrogen (secondary N) is 1. The van der Waals surface area contributed by atoms with Crippen LogP contribution >= 0.6 is 0 Å². The number of fused-ring (bicyclic) bond motifs is 1. The number of unbranched alkanes of at least 4 members (excludes halogenated alkanes) is 1. The van der Waals surface area contributed by atoms with Gasteiger partial charge in [-0.15, -0.1) is 0 Å². The first kappa shape index (κ1) is 21.3. The zero-order valence-electron chi connectivity index (χ0n) is 17.3. The molecule has 1 aliphatic rings. The lowest BCUT2D eigenvalue weighted by atomic mass is 9.88. The first-order valence-electron chi connectivity index (χ1n) is 10.3.